The Bertz CT molecular complexity index is 1050. The average molecular weight is 475 g/mol. The largest absolute Gasteiger partial charge is 0.493 e. The molecule has 156 valence electrons. The summed E-state index contributed by atoms with van der Waals surface area (Å²) in [6, 6.07) is 10.3. The number of methoxy groups -OCH3 is 1. The molecule has 1 aliphatic rings. The van der Waals surface area contributed by atoms with E-state index in [1.807, 2.05) is 31.2 Å². The number of hydrogen-bond acceptors (Lipinski definition) is 5. The van der Waals surface area contributed by atoms with Crippen molar-refractivity contribution in [2.45, 2.75) is 13.5 Å². The number of amides is 3. The van der Waals surface area contributed by atoms with Crippen LogP contribution in [-0.2, 0) is 16.1 Å². The molecule has 9 heteroatoms. The maximum atomic E-state index is 12.7. The smallest absolute Gasteiger partial charge is 0.341 e. The number of ether oxygens (including phenoxy) is 2. The predicted octanol–water partition coefficient (Wildman–Crippen LogP) is 3.32. The minimum Gasteiger partial charge on any atom is -0.493 e. The Labute approximate surface area is 181 Å². The molecule has 0 bridgehead atoms. The van der Waals surface area contributed by atoms with Gasteiger partial charge in [0, 0.05) is 0 Å². The number of carboxylic acid groups (broad SMARTS) is 1. The highest BCUT2D eigenvalue weighted by Crippen LogP contribution is 2.37. The zero-order valence-corrected chi connectivity index (χ0v) is 17.9. The van der Waals surface area contributed by atoms with Crippen molar-refractivity contribution in [1.82, 2.24) is 10.2 Å². The lowest BCUT2D eigenvalue weighted by Gasteiger charge is -2.13. The number of aryl methyl sites for hydroxylation is 1. The number of carboxylic acids is 1. The van der Waals surface area contributed by atoms with Gasteiger partial charge >= 0.3 is 12.0 Å². The van der Waals surface area contributed by atoms with Gasteiger partial charge in [-0.3, -0.25) is 9.69 Å². The molecule has 1 heterocycles. The van der Waals surface area contributed by atoms with E-state index < -0.39 is 24.5 Å². The van der Waals surface area contributed by atoms with Crippen LogP contribution in [0.15, 0.2) is 46.6 Å². The highest BCUT2D eigenvalue weighted by molar-refractivity contribution is 9.10. The van der Waals surface area contributed by atoms with Gasteiger partial charge in [-0.2, -0.15) is 0 Å². The maximum absolute atomic E-state index is 12.7. The van der Waals surface area contributed by atoms with Gasteiger partial charge in [0.25, 0.3) is 5.91 Å². The third-order valence-corrected chi connectivity index (χ3v) is 4.88. The fraction of sp³-hybridized carbons (Fsp3) is 0.190. The highest BCUT2D eigenvalue weighted by Gasteiger charge is 2.33. The van der Waals surface area contributed by atoms with Crippen LogP contribution in [0.3, 0.4) is 0 Å². The van der Waals surface area contributed by atoms with E-state index in [9.17, 15) is 14.4 Å². The molecule has 2 aromatic carbocycles. The van der Waals surface area contributed by atoms with E-state index in [0.29, 0.717) is 10.0 Å². The standard InChI is InChI=1S/C21H19BrN2O6/c1-12-4-3-5-13(6-12)10-24-20(27)16(23-21(24)28)8-14-7-15(22)19(17(9-14)29-2)30-11-18(25)26/h3-9H,10-11H2,1-2H3,(H,23,28)(H,25,26)/b16-8+. The van der Waals surface area contributed by atoms with E-state index in [2.05, 4.69) is 21.2 Å². The van der Waals surface area contributed by atoms with E-state index in [1.165, 1.54) is 13.2 Å². The number of hydrogen-bond donors (Lipinski definition) is 2. The number of rotatable bonds is 7. The van der Waals surface area contributed by atoms with Crippen molar-refractivity contribution in [3.63, 3.8) is 0 Å². The SMILES string of the molecule is COc1cc(/C=C2/NC(=O)N(Cc3cccc(C)c3)C2=O)cc(Br)c1OCC(=O)O. The van der Waals surface area contributed by atoms with Crippen LogP contribution in [-0.4, -0.2) is 41.6 Å². The van der Waals surface area contributed by atoms with Crippen LogP contribution >= 0.6 is 15.9 Å². The van der Waals surface area contributed by atoms with Gasteiger partial charge in [-0.05, 0) is 52.2 Å². The molecule has 3 amide bonds. The summed E-state index contributed by atoms with van der Waals surface area (Å²) in [6.45, 7) is 1.58. The van der Waals surface area contributed by atoms with Crippen LogP contribution in [0.2, 0.25) is 0 Å². The molecule has 0 aliphatic carbocycles. The summed E-state index contributed by atoms with van der Waals surface area (Å²) in [4.78, 5) is 36.9. The van der Waals surface area contributed by atoms with E-state index in [-0.39, 0.29) is 23.7 Å². The van der Waals surface area contributed by atoms with E-state index >= 15 is 0 Å². The molecule has 3 rings (SSSR count). The molecule has 1 fully saturated rings. The molecule has 0 unspecified atom stereocenters. The van der Waals surface area contributed by atoms with Crippen molar-refractivity contribution in [2.75, 3.05) is 13.7 Å². The van der Waals surface area contributed by atoms with Gasteiger partial charge in [0.2, 0.25) is 0 Å². The number of aliphatic carboxylic acids is 1. The Kier molecular flexibility index (Phi) is 6.41. The molecule has 2 N–H and O–H groups in total. The number of halogens is 1. The molecule has 0 saturated carbocycles. The molecule has 0 aromatic heterocycles. The molecule has 1 saturated heterocycles. The van der Waals surface area contributed by atoms with Crippen LogP contribution in [0, 0.1) is 6.92 Å². The second-order valence-electron chi connectivity index (χ2n) is 6.59. The third-order valence-electron chi connectivity index (χ3n) is 4.29. The van der Waals surface area contributed by atoms with Crippen LogP contribution in [0.4, 0.5) is 4.79 Å². The fourth-order valence-electron chi connectivity index (χ4n) is 2.97. The Morgan fingerprint density at radius 1 is 1.27 bits per heavy atom. The lowest BCUT2D eigenvalue weighted by atomic mass is 10.1. The average Bonchev–Trinajstić information content (AvgIpc) is 2.94. The van der Waals surface area contributed by atoms with Gasteiger partial charge in [-0.15, -0.1) is 0 Å². The summed E-state index contributed by atoms with van der Waals surface area (Å²) in [5.74, 6) is -1.05. The summed E-state index contributed by atoms with van der Waals surface area (Å²) < 4.78 is 10.9. The summed E-state index contributed by atoms with van der Waals surface area (Å²) in [7, 11) is 1.42. The Morgan fingerprint density at radius 2 is 2.03 bits per heavy atom. The van der Waals surface area contributed by atoms with Crippen molar-refractivity contribution in [3.8, 4) is 11.5 Å². The van der Waals surface area contributed by atoms with Gasteiger partial charge < -0.3 is 19.9 Å². The van der Waals surface area contributed by atoms with E-state index in [0.717, 1.165) is 16.0 Å². The van der Waals surface area contributed by atoms with Crippen molar-refractivity contribution >= 4 is 39.9 Å². The number of benzene rings is 2. The quantitative estimate of drug-likeness (QED) is 0.470. The topological polar surface area (TPSA) is 105 Å². The number of urea groups is 1. The molecular formula is C21H19BrN2O6. The normalized spacial score (nSPS) is 14.8. The first-order chi connectivity index (χ1) is 14.3. The monoisotopic (exact) mass is 474 g/mol. The molecule has 1 aliphatic heterocycles. The van der Waals surface area contributed by atoms with Gasteiger partial charge in [0.05, 0.1) is 18.1 Å². The summed E-state index contributed by atoms with van der Waals surface area (Å²) in [5.41, 5.74) is 2.57. The molecule has 0 radical (unpaired) electrons. The van der Waals surface area contributed by atoms with Crippen LogP contribution in [0.25, 0.3) is 6.08 Å². The van der Waals surface area contributed by atoms with E-state index in [4.69, 9.17) is 14.6 Å². The minimum atomic E-state index is -1.12. The molecule has 0 spiro atoms. The lowest BCUT2D eigenvalue weighted by molar-refractivity contribution is -0.139. The van der Waals surface area contributed by atoms with Gasteiger partial charge in [-0.25, -0.2) is 9.59 Å². The molecule has 30 heavy (non-hydrogen) atoms. The lowest BCUT2D eigenvalue weighted by Crippen LogP contribution is -2.30. The Morgan fingerprint density at radius 3 is 2.70 bits per heavy atom. The fourth-order valence-corrected chi connectivity index (χ4v) is 3.55. The summed E-state index contributed by atoms with van der Waals surface area (Å²) in [6.07, 6.45) is 1.52. The predicted molar refractivity (Wildman–Crippen MR) is 112 cm³/mol. The number of carbonyl (C=O) groups excluding carboxylic acids is 2. The third kappa shape index (κ3) is 4.80. The molecule has 2 aromatic rings. The maximum Gasteiger partial charge on any atom is 0.341 e. The van der Waals surface area contributed by atoms with Crippen molar-refractivity contribution in [1.29, 1.82) is 0 Å². The number of carbonyl (C=O) groups is 3. The highest BCUT2D eigenvalue weighted by atomic mass is 79.9. The first kappa shape index (κ1) is 21.4. The van der Waals surface area contributed by atoms with Crippen LogP contribution in [0.5, 0.6) is 11.5 Å². The zero-order chi connectivity index (χ0) is 21.8. The van der Waals surface area contributed by atoms with Gasteiger partial charge in [-0.1, -0.05) is 29.8 Å². The Balaban J connectivity index is 1.84. The van der Waals surface area contributed by atoms with Gasteiger partial charge in [0.15, 0.2) is 18.1 Å². The second-order valence-corrected chi connectivity index (χ2v) is 7.44. The number of nitrogens with one attached hydrogen (secondary N) is 1. The number of imide groups is 1. The summed E-state index contributed by atoms with van der Waals surface area (Å²) in [5, 5.41) is 11.4. The van der Waals surface area contributed by atoms with E-state index in [1.54, 1.807) is 12.1 Å². The molecule has 0 atom stereocenters. The van der Waals surface area contributed by atoms with Crippen molar-refractivity contribution in [3.05, 3.63) is 63.3 Å². The number of nitrogens with zero attached hydrogens (tertiary/aromatic N) is 1. The first-order valence-electron chi connectivity index (χ1n) is 8.90. The molecular weight excluding hydrogens is 456 g/mol. The summed E-state index contributed by atoms with van der Waals surface area (Å²) >= 11 is 3.32. The van der Waals surface area contributed by atoms with Crippen molar-refractivity contribution in [2.24, 2.45) is 0 Å². The van der Waals surface area contributed by atoms with Crippen LogP contribution < -0.4 is 14.8 Å². The van der Waals surface area contributed by atoms with Crippen molar-refractivity contribution < 1.29 is 29.0 Å². The molecule has 8 nitrogen and oxygen atoms in total. The second kappa shape index (κ2) is 9.00. The van der Waals surface area contributed by atoms with Crippen LogP contribution in [0.1, 0.15) is 16.7 Å². The Hall–Kier alpha value is -3.33. The van der Waals surface area contributed by atoms with Gasteiger partial charge in [0.1, 0.15) is 5.70 Å². The zero-order valence-electron chi connectivity index (χ0n) is 16.3. The minimum absolute atomic E-state index is 0.126. The first-order valence-corrected chi connectivity index (χ1v) is 9.70.